The number of aliphatic hydroxyl groups is 1. The highest BCUT2D eigenvalue weighted by molar-refractivity contribution is 6.31. The standard InChI is InChI=1S/C17H13NO5/c19-8-7-18-14-12(17(22)23)6-5-11-13(14)16(21)10-4-2-1-3-9(10)15(11)20/h1-6,18-19H,7-8H2,(H,22,23). The summed E-state index contributed by atoms with van der Waals surface area (Å²) in [5.74, 6) is -1.94. The average Bonchev–Trinajstić information content (AvgIpc) is 2.56. The Kier molecular flexibility index (Phi) is 3.67. The van der Waals surface area contributed by atoms with Crippen LogP contribution in [0.15, 0.2) is 36.4 Å². The lowest BCUT2D eigenvalue weighted by atomic mass is 9.82. The highest BCUT2D eigenvalue weighted by Gasteiger charge is 2.33. The molecular weight excluding hydrogens is 298 g/mol. The van der Waals surface area contributed by atoms with E-state index in [1.54, 1.807) is 24.3 Å². The molecule has 0 amide bonds. The molecule has 0 saturated carbocycles. The van der Waals surface area contributed by atoms with Gasteiger partial charge in [-0.2, -0.15) is 0 Å². The summed E-state index contributed by atoms with van der Waals surface area (Å²) < 4.78 is 0. The third kappa shape index (κ3) is 2.29. The molecule has 0 bridgehead atoms. The zero-order valence-electron chi connectivity index (χ0n) is 12.0. The monoisotopic (exact) mass is 311 g/mol. The third-order valence-corrected chi connectivity index (χ3v) is 3.74. The number of hydrogen-bond acceptors (Lipinski definition) is 5. The molecule has 0 unspecified atom stereocenters. The second-order valence-electron chi connectivity index (χ2n) is 5.07. The van der Waals surface area contributed by atoms with E-state index in [0.717, 1.165) is 0 Å². The van der Waals surface area contributed by atoms with Crippen molar-refractivity contribution in [1.29, 1.82) is 0 Å². The molecule has 0 heterocycles. The fourth-order valence-corrected chi connectivity index (χ4v) is 2.73. The van der Waals surface area contributed by atoms with Crippen molar-refractivity contribution in [2.45, 2.75) is 0 Å². The summed E-state index contributed by atoms with van der Waals surface area (Å²) in [5.41, 5.74) is 0.719. The summed E-state index contributed by atoms with van der Waals surface area (Å²) >= 11 is 0. The third-order valence-electron chi connectivity index (χ3n) is 3.74. The Morgan fingerprint density at radius 1 is 0.957 bits per heavy atom. The highest BCUT2D eigenvalue weighted by atomic mass is 16.4. The average molecular weight is 311 g/mol. The number of hydrogen-bond donors (Lipinski definition) is 3. The first-order valence-electron chi connectivity index (χ1n) is 6.99. The molecule has 0 aliphatic heterocycles. The number of benzene rings is 2. The van der Waals surface area contributed by atoms with Gasteiger partial charge in [0.2, 0.25) is 0 Å². The van der Waals surface area contributed by atoms with Crippen LogP contribution in [0.2, 0.25) is 0 Å². The van der Waals surface area contributed by atoms with Crippen LogP contribution in [0.4, 0.5) is 5.69 Å². The molecule has 0 aromatic heterocycles. The van der Waals surface area contributed by atoms with Crippen molar-refractivity contribution in [2.75, 3.05) is 18.5 Å². The number of carboxylic acid groups (broad SMARTS) is 1. The summed E-state index contributed by atoms with van der Waals surface area (Å²) in [7, 11) is 0. The molecular formula is C17H13NO5. The molecule has 6 heteroatoms. The van der Waals surface area contributed by atoms with Gasteiger partial charge in [0, 0.05) is 23.2 Å². The highest BCUT2D eigenvalue weighted by Crippen LogP contribution is 2.34. The van der Waals surface area contributed by atoms with Crippen LogP contribution in [0.25, 0.3) is 0 Å². The molecule has 1 aliphatic rings. The summed E-state index contributed by atoms with van der Waals surface area (Å²) in [4.78, 5) is 36.8. The van der Waals surface area contributed by atoms with Crippen LogP contribution in [0, 0.1) is 0 Å². The van der Waals surface area contributed by atoms with Crippen LogP contribution in [-0.4, -0.2) is 40.9 Å². The summed E-state index contributed by atoms with van der Waals surface area (Å²) in [6.45, 7) is -0.165. The molecule has 0 radical (unpaired) electrons. The number of carbonyl (C=O) groups excluding carboxylic acids is 2. The van der Waals surface area contributed by atoms with Crippen LogP contribution in [0.5, 0.6) is 0 Å². The van der Waals surface area contributed by atoms with Gasteiger partial charge in [0.1, 0.15) is 0 Å². The van der Waals surface area contributed by atoms with Crippen molar-refractivity contribution >= 4 is 23.2 Å². The van der Waals surface area contributed by atoms with Crippen molar-refractivity contribution in [3.63, 3.8) is 0 Å². The Morgan fingerprint density at radius 2 is 1.61 bits per heavy atom. The van der Waals surface area contributed by atoms with Crippen LogP contribution < -0.4 is 5.32 Å². The minimum absolute atomic E-state index is 0.0436. The maximum Gasteiger partial charge on any atom is 0.337 e. The summed E-state index contributed by atoms with van der Waals surface area (Å²) in [6, 6.07) is 9.09. The molecule has 2 aromatic carbocycles. The predicted octanol–water partition coefficient (Wildman–Crippen LogP) is 1.56. The fourth-order valence-electron chi connectivity index (χ4n) is 2.73. The lowest BCUT2D eigenvalue weighted by Crippen LogP contribution is -2.24. The van der Waals surface area contributed by atoms with Crippen LogP contribution >= 0.6 is 0 Å². The molecule has 0 fully saturated rings. The normalized spacial score (nSPS) is 12.6. The molecule has 1 aliphatic carbocycles. The number of aromatic carboxylic acids is 1. The second kappa shape index (κ2) is 5.66. The summed E-state index contributed by atoms with van der Waals surface area (Å²) in [6.07, 6.45) is 0. The number of nitrogens with one attached hydrogen (secondary N) is 1. The summed E-state index contributed by atoms with van der Waals surface area (Å²) in [5, 5.41) is 21.0. The Hall–Kier alpha value is -2.99. The lowest BCUT2D eigenvalue weighted by molar-refractivity contribution is 0.0697. The van der Waals surface area contributed by atoms with Gasteiger partial charge in [-0.15, -0.1) is 0 Å². The maximum atomic E-state index is 12.8. The number of anilines is 1. The number of carbonyl (C=O) groups is 3. The Morgan fingerprint density at radius 3 is 2.22 bits per heavy atom. The minimum atomic E-state index is -1.22. The van der Waals surface area contributed by atoms with E-state index in [2.05, 4.69) is 5.32 Å². The molecule has 3 rings (SSSR count). The van der Waals surface area contributed by atoms with Crippen molar-refractivity contribution < 1.29 is 24.6 Å². The first-order valence-corrected chi connectivity index (χ1v) is 6.99. The Bertz CT molecular complexity index is 841. The van der Waals surface area contributed by atoms with Gasteiger partial charge in [-0.3, -0.25) is 9.59 Å². The molecule has 3 N–H and O–H groups in total. The Balaban J connectivity index is 2.27. The zero-order chi connectivity index (χ0) is 16.6. The van der Waals surface area contributed by atoms with E-state index in [-0.39, 0.29) is 46.9 Å². The van der Waals surface area contributed by atoms with Gasteiger partial charge in [0.15, 0.2) is 11.6 Å². The van der Waals surface area contributed by atoms with E-state index >= 15 is 0 Å². The van der Waals surface area contributed by atoms with Gasteiger partial charge in [-0.05, 0) is 12.1 Å². The quantitative estimate of drug-likeness (QED) is 0.675. The van der Waals surface area contributed by atoms with Crippen LogP contribution in [-0.2, 0) is 0 Å². The number of rotatable bonds is 4. The van der Waals surface area contributed by atoms with Crippen molar-refractivity contribution in [3.05, 3.63) is 64.2 Å². The van der Waals surface area contributed by atoms with E-state index in [0.29, 0.717) is 5.56 Å². The fraction of sp³-hybridized carbons (Fsp3) is 0.118. The molecule has 116 valence electrons. The molecule has 23 heavy (non-hydrogen) atoms. The molecule has 0 atom stereocenters. The van der Waals surface area contributed by atoms with Crippen LogP contribution in [0.1, 0.15) is 42.2 Å². The largest absolute Gasteiger partial charge is 0.478 e. The SMILES string of the molecule is O=C(O)c1ccc2c(c1NCCO)C(=O)c1ccccc1C2=O. The first-order chi connectivity index (χ1) is 11.1. The van der Waals surface area contributed by atoms with Gasteiger partial charge in [-0.25, -0.2) is 4.79 Å². The van der Waals surface area contributed by atoms with Crippen molar-refractivity contribution in [3.8, 4) is 0 Å². The predicted molar refractivity (Wildman–Crippen MR) is 82.3 cm³/mol. The maximum absolute atomic E-state index is 12.8. The number of ketones is 2. The molecule has 0 saturated heterocycles. The molecule has 0 spiro atoms. The first kappa shape index (κ1) is 14.9. The van der Waals surface area contributed by atoms with Gasteiger partial charge < -0.3 is 15.5 Å². The number of carboxylic acids is 1. The minimum Gasteiger partial charge on any atom is -0.478 e. The smallest absolute Gasteiger partial charge is 0.337 e. The van der Waals surface area contributed by atoms with Gasteiger partial charge in [0.25, 0.3) is 0 Å². The van der Waals surface area contributed by atoms with Gasteiger partial charge in [-0.1, -0.05) is 24.3 Å². The van der Waals surface area contributed by atoms with Gasteiger partial charge in [0.05, 0.1) is 23.4 Å². The number of aliphatic hydroxyl groups excluding tert-OH is 1. The van der Waals surface area contributed by atoms with Gasteiger partial charge >= 0.3 is 5.97 Å². The zero-order valence-corrected chi connectivity index (χ0v) is 12.0. The topological polar surface area (TPSA) is 104 Å². The van der Waals surface area contributed by atoms with E-state index in [1.807, 2.05) is 0 Å². The molecule has 2 aromatic rings. The van der Waals surface area contributed by atoms with E-state index in [9.17, 15) is 19.5 Å². The number of fused-ring (bicyclic) bond motifs is 2. The van der Waals surface area contributed by atoms with Crippen molar-refractivity contribution in [2.24, 2.45) is 0 Å². The Labute approximate surface area is 131 Å². The van der Waals surface area contributed by atoms with E-state index in [1.165, 1.54) is 12.1 Å². The second-order valence-corrected chi connectivity index (χ2v) is 5.07. The molecule has 6 nitrogen and oxygen atoms in total. The van der Waals surface area contributed by atoms with Crippen LogP contribution in [0.3, 0.4) is 0 Å². The lowest BCUT2D eigenvalue weighted by Gasteiger charge is -2.22. The van der Waals surface area contributed by atoms with Crippen molar-refractivity contribution in [1.82, 2.24) is 0 Å². The van der Waals surface area contributed by atoms with E-state index in [4.69, 9.17) is 5.11 Å². The van der Waals surface area contributed by atoms with E-state index < -0.39 is 11.8 Å².